The monoisotopic (exact) mass is 440 g/mol. The van der Waals surface area contributed by atoms with Crippen LogP contribution in [-0.4, -0.2) is 15.6 Å². The van der Waals surface area contributed by atoms with E-state index < -0.39 is 22.7 Å². The van der Waals surface area contributed by atoms with Crippen LogP contribution in [0.3, 0.4) is 0 Å². The second kappa shape index (κ2) is 6.29. The van der Waals surface area contributed by atoms with E-state index in [9.17, 15) is 15.2 Å². The highest BCUT2D eigenvalue weighted by Gasteiger charge is 2.78. The predicted molar refractivity (Wildman–Crippen MR) is 96.3 cm³/mol. The van der Waals surface area contributed by atoms with Crippen LogP contribution in [-0.2, 0) is 11.3 Å². The van der Waals surface area contributed by atoms with Crippen molar-refractivity contribution in [2.24, 2.45) is 16.7 Å². The summed E-state index contributed by atoms with van der Waals surface area (Å²) in [5, 5.41) is 19.7. The maximum atomic E-state index is 12.2. The van der Waals surface area contributed by atoms with Gasteiger partial charge in [-0.3, -0.25) is 4.79 Å². The number of rotatable bonds is 6. The molecule has 0 saturated heterocycles. The molecule has 1 aromatic heterocycles. The van der Waals surface area contributed by atoms with E-state index >= 15 is 0 Å². The third-order valence-electron chi connectivity index (χ3n) is 4.93. The second-order valence-corrected chi connectivity index (χ2v) is 9.10. The van der Waals surface area contributed by atoms with E-state index in [4.69, 9.17) is 0 Å². The molecule has 0 bridgehead atoms. The van der Waals surface area contributed by atoms with E-state index in [-0.39, 0.29) is 5.92 Å². The molecule has 1 aliphatic rings. The number of carbonyl (C=O) groups is 1. The zero-order valence-corrected chi connectivity index (χ0v) is 16.1. The molecule has 3 atom stereocenters. The molecule has 122 valence electrons. The zero-order valence-electron chi connectivity index (χ0n) is 13.0. The number of nitrogens with zero attached hydrogens (tertiary/aromatic N) is 2. The Bertz CT molecular complexity index is 710. The number of aliphatic carboxylic acids is 1. The molecule has 0 spiro atoms. The summed E-state index contributed by atoms with van der Waals surface area (Å²) >= 11 is 6.61. The number of carboxylic acids is 1. The molecule has 0 aliphatic heterocycles. The number of hydrogen-bond donors (Lipinski definition) is 1. The predicted octanol–water partition coefficient (Wildman–Crippen LogP) is 4.64. The largest absolute Gasteiger partial charge is 0.481 e. The molecule has 1 fully saturated rings. The van der Waals surface area contributed by atoms with Crippen LogP contribution in [0, 0.1) is 28.1 Å². The van der Waals surface area contributed by atoms with Crippen LogP contribution in [0.15, 0.2) is 40.6 Å². The van der Waals surface area contributed by atoms with Gasteiger partial charge in [0.15, 0.2) is 0 Å². The molecule has 2 rings (SSSR count). The van der Waals surface area contributed by atoms with Gasteiger partial charge < -0.3 is 9.67 Å². The van der Waals surface area contributed by atoms with Gasteiger partial charge in [-0.25, -0.2) is 0 Å². The lowest BCUT2D eigenvalue weighted by molar-refractivity contribution is -0.145. The summed E-state index contributed by atoms with van der Waals surface area (Å²) in [6, 6.07) is 4.06. The molecule has 1 aromatic rings. The van der Waals surface area contributed by atoms with Crippen LogP contribution in [0.2, 0.25) is 0 Å². The third-order valence-corrected chi connectivity index (χ3v) is 5.46. The van der Waals surface area contributed by atoms with E-state index in [2.05, 4.69) is 44.5 Å². The maximum Gasteiger partial charge on any atom is 0.312 e. The van der Waals surface area contributed by atoms with Crippen LogP contribution in [0.5, 0.6) is 0 Å². The molecular formula is C17H18Br2N2O2. The first kappa shape index (κ1) is 18.0. The van der Waals surface area contributed by atoms with Crippen molar-refractivity contribution in [3.63, 3.8) is 0 Å². The van der Waals surface area contributed by atoms with Crippen molar-refractivity contribution in [2.75, 3.05) is 0 Å². The van der Waals surface area contributed by atoms with E-state index in [1.54, 1.807) is 6.08 Å². The molecule has 0 radical (unpaired) electrons. The molecule has 1 saturated carbocycles. The van der Waals surface area contributed by atoms with Gasteiger partial charge in [-0.2, -0.15) is 5.26 Å². The maximum absolute atomic E-state index is 12.2. The van der Waals surface area contributed by atoms with Gasteiger partial charge in [0.05, 0.1) is 15.4 Å². The van der Waals surface area contributed by atoms with E-state index in [0.29, 0.717) is 9.94 Å². The number of halogens is 2. The first-order valence-corrected chi connectivity index (χ1v) is 8.74. The molecule has 1 aliphatic carbocycles. The van der Waals surface area contributed by atoms with Crippen molar-refractivity contribution >= 4 is 37.8 Å². The minimum absolute atomic E-state index is 0.242. The molecule has 6 heteroatoms. The smallest absolute Gasteiger partial charge is 0.312 e. The summed E-state index contributed by atoms with van der Waals surface area (Å²) in [6.07, 6.45) is 7.27. The molecule has 0 amide bonds. The summed E-state index contributed by atoms with van der Waals surface area (Å²) in [7, 11) is 0. The Morgan fingerprint density at radius 2 is 2.26 bits per heavy atom. The number of carboxylic acid groups (broad SMARTS) is 1. The standard InChI is InChI=1S/C17H18Br2N2O2/c1-4-6-21-7-5-11(10-21)12(9-20)17(15(22)23)13(8-14(18)19)16(17,2)3/h4-5,7-8,10,12-13H,1,6H2,2-3H3,(H,22,23)/t12-,13-,17+/m0/s1. The third kappa shape index (κ3) is 2.70. The van der Waals surface area contributed by atoms with Crippen molar-refractivity contribution in [3.05, 3.63) is 46.1 Å². The average molecular weight is 442 g/mol. The Morgan fingerprint density at radius 3 is 2.74 bits per heavy atom. The van der Waals surface area contributed by atoms with Gasteiger partial charge in [0.2, 0.25) is 0 Å². The first-order chi connectivity index (χ1) is 10.7. The lowest BCUT2D eigenvalue weighted by Gasteiger charge is -2.20. The lowest BCUT2D eigenvalue weighted by Crippen LogP contribution is -2.28. The fourth-order valence-electron chi connectivity index (χ4n) is 3.72. The van der Waals surface area contributed by atoms with Crippen LogP contribution < -0.4 is 0 Å². The summed E-state index contributed by atoms with van der Waals surface area (Å²) in [5.74, 6) is -1.90. The lowest BCUT2D eigenvalue weighted by atomic mass is 9.79. The quantitative estimate of drug-likeness (QED) is 0.654. The number of nitriles is 1. The van der Waals surface area contributed by atoms with Crippen molar-refractivity contribution in [2.45, 2.75) is 26.3 Å². The Labute approximate surface area is 152 Å². The second-order valence-electron chi connectivity index (χ2n) is 6.32. The van der Waals surface area contributed by atoms with Crippen molar-refractivity contribution in [1.82, 2.24) is 4.57 Å². The van der Waals surface area contributed by atoms with Crippen molar-refractivity contribution in [3.8, 4) is 6.07 Å². The van der Waals surface area contributed by atoms with E-state index in [1.165, 1.54) is 0 Å². The zero-order chi connectivity index (χ0) is 17.4. The number of hydrogen-bond acceptors (Lipinski definition) is 2. The van der Waals surface area contributed by atoms with Gasteiger partial charge in [0.1, 0.15) is 5.41 Å². The summed E-state index contributed by atoms with van der Waals surface area (Å²) in [6.45, 7) is 8.11. The molecule has 1 heterocycles. The molecule has 4 nitrogen and oxygen atoms in total. The Hall–Kier alpha value is -1.32. The van der Waals surface area contributed by atoms with Gasteiger partial charge in [-0.15, -0.1) is 6.58 Å². The molecule has 0 aromatic carbocycles. The number of allylic oxidation sites excluding steroid dienone is 2. The van der Waals surface area contributed by atoms with Gasteiger partial charge in [0.25, 0.3) is 0 Å². The minimum atomic E-state index is -1.14. The summed E-state index contributed by atoms with van der Waals surface area (Å²) in [5.41, 5.74) is -0.937. The van der Waals surface area contributed by atoms with Crippen LogP contribution in [0.4, 0.5) is 0 Å². The molecule has 23 heavy (non-hydrogen) atoms. The Kier molecular flexibility index (Phi) is 4.93. The van der Waals surface area contributed by atoms with Crippen LogP contribution >= 0.6 is 31.9 Å². The SMILES string of the molecule is C=CCn1ccc([C@H](C#N)[C@]2(C(=O)O)[C@@H](C=C(Br)Br)C2(C)C)c1. The summed E-state index contributed by atoms with van der Waals surface area (Å²) < 4.78 is 2.59. The Morgan fingerprint density at radius 1 is 1.61 bits per heavy atom. The fourth-order valence-corrected chi connectivity index (χ4v) is 4.25. The molecule has 1 N–H and O–H groups in total. The van der Waals surface area contributed by atoms with Gasteiger partial charge in [-0.05, 0) is 48.9 Å². The molecule has 0 unspecified atom stereocenters. The topological polar surface area (TPSA) is 66.0 Å². The highest BCUT2D eigenvalue weighted by atomic mass is 79.9. The summed E-state index contributed by atoms with van der Waals surface area (Å²) in [4.78, 5) is 12.2. The van der Waals surface area contributed by atoms with E-state index in [0.717, 1.165) is 5.56 Å². The van der Waals surface area contributed by atoms with Crippen molar-refractivity contribution < 1.29 is 9.90 Å². The average Bonchev–Trinajstić information content (AvgIpc) is 2.77. The fraction of sp³-hybridized carbons (Fsp3) is 0.412. The Balaban J connectivity index is 2.52. The van der Waals surface area contributed by atoms with E-state index in [1.807, 2.05) is 43.0 Å². The highest BCUT2D eigenvalue weighted by molar-refractivity contribution is 9.28. The van der Waals surface area contributed by atoms with Gasteiger partial charge >= 0.3 is 5.97 Å². The van der Waals surface area contributed by atoms with Crippen molar-refractivity contribution in [1.29, 1.82) is 5.26 Å². The highest BCUT2D eigenvalue weighted by Crippen LogP contribution is 2.75. The minimum Gasteiger partial charge on any atom is -0.481 e. The molecular weight excluding hydrogens is 424 g/mol. The first-order valence-electron chi connectivity index (χ1n) is 7.15. The van der Waals surface area contributed by atoms with Gasteiger partial charge in [-0.1, -0.05) is 26.0 Å². The van der Waals surface area contributed by atoms with Gasteiger partial charge in [0, 0.05) is 24.9 Å². The van der Waals surface area contributed by atoms with Crippen LogP contribution in [0.1, 0.15) is 25.3 Å². The van der Waals surface area contributed by atoms with Crippen LogP contribution in [0.25, 0.3) is 0 Å². The normalized spacial score (nSPS) is 26.0. The number of aromatic nitrogens is 1.